The number of hydrogen-bond acceptors (Lipinski definition) is 7. The Kier molecular flexibility index (Phi) is 12.5. The first kappa shape index (κ1) is 36.3. The predicted molar refractivity (Wildman–Crippen MR) is 197 cm³/mol. The van der Waals surface area contributed by atoms with Gasteiger partial charge in [-0.1, -0.05) is 109 Å². The van der Waals surface area contributed by atoms with Crippen LogP contribution in [-0.4, -0.2) is 62.2 Å². The number of rotatable bonds is 8. The van der Waals surface area contributed by atoms with Crippen molar-refractivity contribution in [2.45, 2.75) is 37.7 Å². The standard InChI is InChI=1S/C30H34Cl2O6Si4.C4H8O/c1-33-41(29-13-9-6-10-14-29)37-40(4,28-19-15-25(23-31)16-20-28)35-39(3,27-11-7-5-8-12-27)36-42(34-2,38-41)30-21-17-26(24-32)18-22-30;1-2-4-5-3-1/h5-22H,23-24H2,1-4H3;1-4H2. The van der Waals surface area contributed by atoms with Gasteiger partial charge >= 0.3 is 34.7 Å². The van der Waals surface area contributed by atoms with E-state index in [4.69, 9.17) is 53.3 Å². The van der Waals surface area contributed by atoms with E-state index in [2.05, 4.69) is 0 Å². The van der Waals surface area contributed by atoms with Crippen molar-refractivity contribution in [3.05, 3.63) is 120 Å². The summed E-state index contributed by atoms with van der Waals surface area (Å²) in [6, 6.07) is 35.6. The summed E-state index contributed by atoms with van der Waals surface area (Å²) in [5.41, 5.74) is 1.98. The van der Waals surface area contributed by atoms with Crippen molar-refractivity contribution in [3.63, 3.8) is 0 Å². The van der Waals surface area contributed by atoms with E-state index in [1.165, 1.54) is 12.8 Å². The largest absolute Gasteiger partial charge is 0.521 e. The average molecular weight is 746 g/mol. The first-order valence-corrected chi connectivity index (χ1v) is 24.8. The Balaban J connectivity index is 0.000000792. The summed E-state index contributed by atoms with van der Waals surface area (Å²) < 4.78 is 46.7. The van der Waals surface area contributed by atoms with E-state index in [-0.39, 0.29) is 0 Å². The number of benzene rings is 4. The smallest absolute Gasteiger partial charge is 0.409 e. The summed E-state index contributed by atoms with van der Waals surface area (Å²) in [5, 5.41) is 3.40. The molecule has 2 saturated heterocycles. The summed E-state index contributed by atoms with van der Waals surface area (Å²) in [4.78, 5) is 0. The Hall–Kier alpha value is -1.95. The molecule has 13 heteroatoms. The molecule has 4 aromatic carbocycles. The summed E-state index contributed by atoms with van der Waals surface area (Å²) in [7, 11) is -10.9. The van der Waals surface area contributed by atoms with Gasteiger partial charge in [-0.25, -0.2) is 0 Å². The first-order valence-electron chi connectivity index (χ1n) is 15.6. The van der Waals surface area contributed by atoms with Gasteiger partial charge in [-0.3, -0.25) is 0 Å². The van der Waals surface area contributed by atoms with Crippen LogP contribution >= 0.6 is 23.2 Å². The van der Waals surface area contributed by atoms with E-state index < -0.39 is 34.7 Å². The zero-order chi connectivity index (χ0) is 33.4. The molecule has 7 nitrogen and oxygen atoms in total. The summed E-state index contributed by atoms with van der Waals surface area (Å²) in [6.45, 7) is 6.06. The summed E-state index contributed by atoms with van der Waals surface area (Å²) in [5.74, 6) is 0.799. The molecule has 250 valence electrons. The molecule has 2 aliphatic rings. The lowest BCUT2D eigenvalue weighted by Gasteiger charge is -2.49. The van der Waals surface area contributed by atoms with Crippen LogP contribution in [0.4, 0.5) is 0 Å². The monoisotopic (exact) mass is 744 g/mol. The SMILES string of the molecule is C1CCOC1.CO[Si]1(c2ccccc2)O[Si](C)(c2ccc(CCl)cc2)O[Si](C)(c2ccccc2)O[Si](OC)(c2ccc(CCl)cc2)O1. The highest BCUT2D eigenvalue weighted by molar-refractivity contribution is 7.03. The lowest BCUT2D eigenvalue weighted by Crippen LogP contribution is -2.80. The minimum Gasteiger partial charge on any atom is -0.409 e. The Bertz CT molecular complexity index is 1550. The Morgan fingerprint density at radius 3 is 1.28 bits per heavy atom. The molecule has 6 rings (SSSR count). The third-order valence-electron chi connectivity index (χ3n) is 8.20. The number of ether oxygens (including phenoxy) is 1. The topological polar surface area (TPSA) is 64.6 Å². The third kappa shape index (κ3) is 8.27. The molecular weight excluding hydrogens is 704 g/mol. The van der Waals surface area contributed by atoms with E-state index in [1.807, 2.05) is 122 Å². The van der Waals surface area contributed by atoms with Crippen molar-refractivity contribution in [2.24, 2.45) is 0 Å². The van der Waals surface area contributed by atoms with Crippen LogP contribution in [0.15, 0.2) is 109 Å². The van der Waals surface area contributed by atoms with Crippen molar-refractivity contribution in [1.82, 2.24) is 0 Å². The molecule has 4 unspecified atom stereocenters. The average Bonchev–Trinajstić information content (AvgIpc) is 3.72. The zero-order valence-corrected chi connectivity index (χ0v) is 32.8. The Labute approximate surface area is 292 Å². The second-order valence-electron chi connectivity index (χ2n) is 11.5. The van der Waals surface area contributed by atoms with E-state index in [0.717, 1.165) is 45.1 Å². The molecule has 0 radical (unpaired) electrons. The van der Waals surface area contributed by atoms with Gasteiger partial charge in [-0.15, -0.1) is 23.2 Å². The highest BCUT2D eigenvalue weighted by Crippen LogP contribution is 2.32. The minimum atomic E-state index is -3.78. The predicted octanol–water partition coefficient (Wildman–Crippen LogP) is 5.28. The number of hydrogen-bond donors (Lipinski definition) is 0. The third-order valence-corrected chi connectivity index (χ3v) is 25.3. The molecule has 4 atom stereocenters. The van der Waals surface area contributed by atoms with Crippen molar-refractivity contribution >= 4 is 78.7 Å². The molecule has 0 saturated carbocycles. The van der Waals surface area contributed by atoms with Crippen LogP contribution in [0.3, 0.4) is 0 Å². The molecule has 2 aliphatic heterocycles. The second kappa shape index (κ2) is 16.2. The molecule has 47 heavy (non-hydrogen) atoms. The first-order chi connectivity index (χ1) is 22.7. The maximum Gasteiger partial charge on any atom is 0.521 e. The van der Waals surface area contributed by atoms with Gasteiger partial charge in [0.15, 0.2) is 0 Å². The molecule has 4 aromatic rings. The van der Waals surface area contributed by atoms with Crippen molar-refractivity contribution in [2.75, 3.05) is 27.4 Å². The summed E-state index contributed by atoms with van der Waals surface area (Å²) >= 11 is 12.3. The number of halogens is 2. The van der Waals surface area contributed by atoms with Gasteiger partial charge in [0, 0.05) is 49.6 Å². The minimum absolute atomic E-state index is 0.388. The maximum absolute atomic E-state index is 7.32. The molecule has 2 heterocycles. The molecule has 0 aromatic heterocycles. The Morgan fingerprint density at radius 1 is 0.511 bits per heavy atom. The van der Waals surface area contributed by atoms with Crippen LogP contribution in [-0.2, 0) is 41.8 Å². The van der Waals surface area contributed by atoms with Gasteiger partial charge in [-0.05, 0) is 47.4 Å². The Morgan fingerprint density at radius 2 is 0.894 bits per heavy atom. The quantitative estimate of drug-likeness (QED) is 0.180. The maximum atomic E-state index is 7.32. The van der Waals surface area contributed by atoms with Gasteiger partial charge in [0.05, 0.1) is 0 Å². The zero-order valence-electron chi connectivity index (χ0n) is 27.2. The van der Waals surface area contributed by atoms with Gasteiger partial charge < -0.3 is 30.0 Å². The lowest BCUT2D eigenvalue weighted by atomic mass is 10.2. The van der Waals surface area contributed by atoms with Crippen molar-refractivity contribution < 1.29 is 30.0 Å². The summed E-state index contributed by atoms with van der Waals surface area (Å²) in [6.07, 6.45) is 2.56. The van der Waals surface area contributed by atoms with E-state index in [9.17, 15) is 0 Å². The molecule has 0 bridgehead atoms. The fraction of sp³-hybridized carbons (Fsp3) is 0.294. The molecular formula is C34H42Cl2O7Si4. The molecule has 0 aliphatic carbocycles. The van der Waals surface area contributed by atoms with Crippen LogP contribution < -0.4 is 20.7 Å². The van der Waals surface area contributed by atoms with Crippen LogP contribution in [0.1, 0.15) is 24.0 Å². The van der Waals surface area contributed by atoms with Crippen molar-refractivity contribution in [1.29, 1.82) is 0 Å². The fourth-order valence-corrected chi connectivity index (χ4v) is 24.9. The van der Waals surface area contributed by atoms with Crippen LogP contribution in [0, 0.1) is 0 Å². The van der Waals surface area contributed by atoms with Gasteiger partial charge in [0.1, 0.15) is 0 Å². The van der Waals surface area contributed by atoms with E-state index in [0.29, 0.717) is 11.8 Å². The molecule has 2 fully saturated rings. The second-order valence-corrected chi connectivity index (χ2v) is 24.5. The number of alkyl halides is 2. The highest BCUT2D eigenvalue weighted by atomic mass is 35.5. The van der Waals surface area contributed by atoms with Crippen molar-refractivity contribution in [3.8, 4) is 0 Å². The highest BCUT2D eigenvalue weighted by Gasteiger charge is 2.65. The van der Waals surface area contributed by atoms with E-state index >= 15 is 0 Å². The van der Waals surface area contributed by atoms with Gasteiger partial charge in [-0.2, -0.15) is 0 Å². The van der Waals surface area contributed by atoms with Crippen LogP contribution in [0.5, 0.6) is 0 Å². The van der Waals surface area contributed by atoms with E-state index in [1.54, 1.807) is 14.2 Å². The fourth-order valence-electron chi connectivity index (χ4n) is 5.61. The van der Waals surface area contributed by atoms with Crippen LogP contribution in [0.25, 0.3) is 0 Å². The molecule has 0 spiro atoms. The van der Waals surface area contributed by atoms with Gasteiger partial charge in [0.25, 0.3) is 0 Å². The lowest BCUT2D eigenvalue weighted by molar-refractivity contribution is 0.118. The van der Waals surface area contributed by atoms with Gasteiger partial charge in [0.2, 0.25) is 0 Å². The molecule has 0 amide bonds. The molecule has 0 N–H and O–H groups in total. The van der Waals surface area contributed by atoms with Crippen LogP contribution in [0.2, 0.25) is 13.1 Å². The normalized spacial score (nSPS) is 27.7.